The van der Waals surface area contributed by atoms with Crippen LogP contribution in [0.15, 0.2) is 42.5 Å². The predicted octanol–water partition coefficient (Wildman–Crippen LogP) is 3.28. The van der Waals surface area contributed by atoms with Crippen LogP contribution in [-0.4, -0.2) is 28.7 Å². The van der Waals surface area contributed by atoms with Crippen molar-refractivity contribution in [3.63, 3.8) is 0 Å². The molecule has 1 unspecified atom stereocenters. The summed E-state index contributed by atoms with van der Waals surface area (Å²) in [5.41, 5.74) is 3.49. The molecule has 1 heterocycles. The minimum atomic E-state index is -0.534. The number of β-amino-alcohol motifs (C(OH)–C–C–N with tert-alkyl or cyclic N) is 1. The fourth-order valence-electron chi connectivity index (χ4n) is 3.80. The molecule has 0 aromatic heterocycles. The molecule has 4 rings (SSSR count). The van der Waals surface area contributed by atoms with E-state index in [1.165, 1.54) is 17.2 Å². The quantitative estimate of drug-likeness (QED) is 0.815. The number of fused-ring (bicyclic) bond motifs is 1. The molecule has 1 fully saturated rings. The molecule has 2 aliphatic rings. The highest BCUT2D eigenvalue weighted by atomic mass is 19.1. The Morgan fingerprint density at radius 2 is 1.96 bits per heavy atom. The number of hydrogen-bond acceptors (Lipinski definition) is 2. The lowest BCUT2D eigenvalue weighted by Crippen LogP contribution is -2.60. The fourth-order valence-corrected chi connectivity index (χ4v) is 3.80. The van der Waals surface area contributed by atoms with E-state index in [9.17, 15) is 9.50 Å². The highest BCUT2D eigenvalue weighted by Gasteiger charge is 2.42. The van der Waals surface area contributed by atoms with E-state index in [4.69, 9.17) is 0 Å². The number of aliphatic hydroxyl groups is 1. The van der Waals surface area contributed by atoms with Gasteiger partial charge in [0.05, 0.1) is 11.2 Å². The van der Waals surface area contributed by atoms with Crippen LogP contribution in [0.2, 0.25) is 0 Å². The summed E-state index contributed by atoms with van der Waals surface area (Å²) in [5.74, 6) is 5.71. The number of hydrogen-bond donors (Lipinski definition) is 1. The highest BCUT2D eigenvalue weighted by Crippen LogP contribution is 2.40. The molecule has 1 aliphatic heterocycles. The largest absolute Gasteiger partial charge is 0.388 e. The highest BCUT2D eigenvalue weighted by molar-refractivity contribution is 5.48. The van der Waals surface area contributed by atoms with E-state index < -0.39 is 5.60 Å². The van der Waals surface area contributed by atoms with E-state index in [0.717, 1.165) is 31.5 Å². The Bertz CT molecular complexity index is 838. The Kier molecular flexibility index (Phi) is 3.68. The van der Waals surface area contributed by atoms with Gasteiger partial charge in [0.25, 0.3) is 0 Å². The van der Waals surface area contributed by atoms with Crippen molar-refractivity contribution in [3.05, 3.63) is 70.5 Å². The molecule has 0 amide bonds. The van der Waals surface area contributed by atoms with Gasteiger partial charge in [0.15, 0.2) is 0 Å². The van der Waals surface area contributed by atoms with Crippen LogP contribution in [0.25, 0.3) is 0 Å². The van der Waals surface area contributed by atoms with E-state index in [1.54, 1.807) is 18.2 Å². The molecule has 1 atom stereocenters. The van der Waals surface area contributed by atoms with Gasteiger partial charge in [0, 0.05) is 24.7 Å². The third-order valence-electron chi connectivity index (χ3n) is 4.93. The van der Waals surface area contributed by atoms with E-state index >= 15 is 0 Å². The summed E-state index contributed by atoms with van der Waals surface area (Å²) in [7, 11) is 0. The van der Waals surface area contributed by atoms with Gasteiger partial charge < -0.3 is 5.11 Å². The second kappa shape index (κ2) is 5.73. The standard InChI is InChI=1S/C21H20FNO/c1-21(24)13-23(14-21)20-11-9-17-12-15(7-10-18(17)20)6-8-16-4-2-3-5-19(16)22/h2-5,7,10,12,20,24H,9,11,13-14H2,1H3. The monoisotopic (exact) mass is 321 g/mol. The molecule has 1 aliphatic carbocycles. The van der Waals surface area contributed by atoms with Gasteiger partial charge in [-0.2, -0.15) is 0 Å². The molecular weight excluding hydrogens is 301 g/mol. The number of benzene rings is 2. The molecule has 0 saturated carbocycles. The van der Waals surface area contributed by atoms with Crippen molar-refractivity contribution in [1.29, 1.82) is 0 Å². The summed E-state index contributed by atoms with van der Waals surface area (Å²) in [6, 6.07) is 13.3. The van der Waals surface area contributed by atoms with Crippen LogP contribution >= 0.6 is 0 Å². The molecule has 2 aromatic carbocycles. The third-order valence-corrected chi connectivity index (χ3v) is 4.93. The lowest BCUT2D eigenvalue weighted by Gasteiger charge is -2.47. The first kappa shape index (κ1) is 15.4. The van der Waals surface area contributed by atoms with Gasteiger partial charge in [-0.3, -0.25) is 4.90 Å². The van der Waals surface area contributed by atoms with Crippen LogP contribution < -0.4 is 0 Å². The normalized spacial score (nSPS) is 21.5. The second-order valence-corrected chi connectivity index (χ2v) is 7.10. The fraction of sp³-hybridized carbons (Fsp3) is 0.333. The zero-order valence-corrected chi connectivity index (χ0v) is 13.7. The number of halogens is 1. The molecule has 2 nitrogen and oxygen atoms in total. The lowest BCUT2D eigenvalue weighted by molar-refractivity contribution is -0.103. The van der Waals surface area contributed by atoms with Crippen molar-refractivity contribution >= 4 is 0 Å². The second-order valence-electron chi connectivity index (χ2n) is 7.10. The molecule has 0 radical (unpaired) electrons. The maximum atomic E-state index is 13.6. The number of rotatable bonds is 1. The Balaban J connectivity index is 1.55. The van der Waals surface area contributed by atoms with Gasteiger partial charge in [-0.25, -0.2) is 4.39 Å². The van der Waals surface area contributed by atoms with Gasteiger partial charge in [0.2, 0.25) is 0 Å². The van der Waals surface area contributed by atoms with Crippen molar-refractivity contribution in [2.45, 2.75) is 31.4 Å². The SMILES string of the molecule is CC1(O)CN(C2CCc3cc(C#Cc4ccccc4F)ccc32)C1. The zero-order chi connectivity index (χ0) is 16.7. The maximum absolute atomic E-state index is 13.6. The van der Waals surface area contributed by atoms with Crippen molar-refractivity contribution in [2.24, 2.45) is 0 Å². The molecule has 2 aromatic rings. The molecule has 3 heteroatoms. The molecule has 0 spiro atoms. The summed E-state index contributed by atoms with van der Waals surface area (Å²) in [6.07, 6.45) is 2.13. The lowest BCUT2D eigenvalue weighted by atomic mass is 9.92. The van der Waals surface area contributed by atoms with Crippen molar-refractivity contribution in [2.75, 3.05) is 13.1 Å². The predicted molar refractivity (Wildman–Crippen MR) is 92.1 cm³/mol. The Morgan fingerprint density at radius 3 is 2.71 bits per heavy atom. The number of nitrogens with zero attached hydrogens (tertiary/aromatic N) is 1. The Hall–Kier alpha value is -2.15. The molecule has 24 heavy (non-hydrogen) atoms. The summed E-state index contributed by atoms with van der Waals surface area (Å²) in [6.45, 7) is 3.37. The van der Waals surface area contributed by atoms with Crippen molar-refractivity contribution < 1.29 is 9.50 Å². The minimum Gasteiger partial charge on any atom is -0.388 e. The summed E-state index contributed by atoms with van der Waals surface area (Å²) in [4.78, 5) is 2.34. The Morgan fingerprint density at radius 1 is 1.17 bits per heavy atom. The first-order valence-electron chi connectivity index (χ1n) is 8.38. The van der Waals surface area contributed by atoms with Crippen LogP contribution in [0, 0.1) is 17.7 Å². The van der Waals surface area contributed by atoms with Crippen LogP contribution in [0.5, 0.6) is 0 Å². The smallest absolute Gasteiger partial charge is 0.138 e. The molecule has 1 N–H and O–H groups in total. The zero-order valence-electron chi connectivity index (χ0n) is 13.7. The maximum Gasteiger partial charge on any atom is 0.138 e. The third kappa shape index (κ3) is 2.84. The number of likely N-dealkylation sites (tertiary alicyclic amines) is 1. The Labute approximate surface area is 141 Å². The minimum absolute atomic E-state index is 0.281. The first-order valence-corrected chi connectivity index (χ1v) is 8.38. The van der Waals surface area contributed by atoms with Gasteiger partial charge in [-0.05, 0) is 55.2 Å². The molecular formula is C21H20FNO. The van der Waals surface area contributed by atoms with Crippen molar-refractivity contribution in [1.82, 2.24) is 4.90 Å². The van der Waals surface area contributed by atoms with Gasteiger partial charge in [-0.15, -0.1) is 0 Å². The summed E-state index contributed by atoms with van der Waals surface area (Å²) in [5, 5.41) is 9.95. The van der Waals surface area contributed by atoms with E-state index in [2.05, 4.69) is 28.9 Å². The molecule has 0 bridgehead atoms. The van der Waals surface area contributed by atoms with E-state index in [0.29, 0.717) is 11.6 Å². The van der Waals surface area contributed by atoms with E-state index in [-0.39, 0.29) is 5.82 Å². The average Bonchev–Trinajstić information content (AvgIpc) is 2.94. The van der Waals surface area contributed by atoms with Crippen molar-refractivity contribution in [3.8, 4) is 11.8 Å². The van der Waals surface area contributed by atoms with Gasteiger partial charge in [-0.1, -0.05) is 30.0 Å². The first-order chi connectivity index (χ1) is 11.5. The number of aryl methyl sites for hydroxylation is 1. The van der Waals surface area contributed by atoms with Gasteiger partial charge in [0.1, 0.15) is 5.82 Å². The van der Waals surface area contributed by atoms with Crippen LogP contribution in [0.3, 0.4) is 0 Å². The summed E-state index contributed by atoms with van der Waals surface area (Å²) < 4.78 is 13.6. The van der Waals surface area contributed by atoms with Crippen LogP contribution in [0.4, 0.5) is 4.39 Å². The average molecular weight is 321 g/mol. The van der Waals surface area contributed by atoms with Crippen LogP contribution in [-0.2, 0) is 6.42 Å². The van der Waals surface area contributed by atoms with Crippen LogP contribution in [0.1, 0.15) is 41.6 Å². The van der Waals surface area contributed by atoms with Gasteiger partial charge >= 0.3 is 0 Å². The topological polar surface area (TPSA) is 23.5 Å². The molecule has 122 valence electrons. The summed E-state index contributed by atoms with van der Waals surface area (Å²) >= 11 is 0. The van der Waals surface area contributed by atoms with E-state index in [1.807, 2.05) is 13.0 Å². The molecule has 1 saturated heterocycles.